The second kappa shape index (κ2) is 11.5. The van der Waals surface area contributed by atoms with Crippen LogP contribution in [0.2, 0.25) is 0 Å². The summed E-state index contributed by atoms with van der Waals surface area (Å²) in [7, 11) is 0. The predicted octanol–water partition coefficient (Wildman–Crippen LogP) is 10.1. The largest absolute Gasteiger partial charge is 0.457 e. The molecule has 9 rings (SSSR count). The minimum atomic E-state index is -0.0537. The number of rotatable bonds is 6. The van der Waals surface area contributed by atoms with E-state index in [-0.39, 0.29) is 18.4 Å². The van der Waals surface area contributed by atoms with Crippen molar-refractivity contribution in [3.05, 3.63) is 156 Å². The van der Waals surface area contributed by atoms with E-state index in [0.29, 0.717) is 11.1 Å². The number of carbonyl (C=O) groups is 2. The summed E-state index contributed by atoms with van der Waals surface area (Å²) in [4.78, 5) is 32.5. The van der Waals surface area contributed by atoms with Gasteiger partial charge < -0.3 is 19.4 Å². The summed E-state index contributed by atoms with van der Waals surface area (Å²) >= 11 is 0. The van der Waals surface area contributed by atoms with Gasteiger partial charge in [-0.15, -0.1) is 0 Å². The third-order valence-electron chi connectivity index (χ3n) is 9.25. The molecule has 0 saturated carbocycles. The number of hydrogen-bond donors (Lipinski definition) is 2. The Morgan fingerprint density at radius 1 is 0.531 bits per heavy atom. The highest BCUT2D eigenvalue weighted by Gasteiger charge is 2.22. The molecule has 0 saturated heterocycles. The van der Waals surface area contributed by atoms with Crippen LogP contribution in [0.15, 0.2) is 134 Å². The van der Waals surface area contributed by atoms with Gasteiger partial charge in [-0.3, -0.25) is 9.59 Å². The van der Waals surface area contributed by atoms with Crippen LogP contribution in [0.1, 0.15) is 31.8 Å². The van der Waals surface area contributed by atoms with Crippen LogP contribution in [0.25, 0.3) is 66.6 Å². The van der Waals surface area contributed by atoms with Crippen molar-refractivity contribution in [1.29, 1.82) is 0 Å². The van der Waals surface area contributed by atoms with Gasteiger partial charge in [-0.25, -0.2) is 0 Å². The molecule has 3 heterocycles. The molecular formula is C43H28N2O4. The Morgan fingerprint density at radius 3 is 1.49 bits per heavy atom. The highest BCUT2D eigenvalue weighted by molar-refractivity contribution is 6.16. The Labute approximate surface area is 280 Å². The van der Waals surface area contributed by atoms with E-state index >= 15 is 0 Å². The van der Waals surface area contributed by atoms with E-state index in [1.54, 1.807) is 24.5 Å². The van der Waals surface area contributed by atoms with Crippen molar-refractivity contribution in [3.63, 3.8) is 0 Å². The normalized spacial score (nSPS) is 12.7. The second-order valence-electron chi connectivity index (χ2n) is 12.1. The number of hydrogen-bond acceptors (Lipinski definition) is 4. The first-order valence-corrected chi connectivity index (χ1v) is 16.1. The number of aromatic amines is 2. The van der Waals surface area contributed by atoms with Crippen molar-refractivity contribution in [2.24, 2.45) is 0 Å². The maximum atomic E-state index is 13.1. The van der Waals surface area contributed by atoms with Crippen LogP contribution in [0.5, 0.6) is 11.5 Å². The molecule has 0 bridgehead atoms. The van der Waals surface area contributed by atoms with Gasteiger partial charge >= 0.3 is 0 Å². The SMILES string of the molecule is O=C(/C=C/c1ccc2c3c(ccc2c1)OCOc1ccc2cc(/C=C/C(=O)c4c[nH]c5ccccc45)ccc2c1-3)c1c[nH]c2ccccc12. The van der Waals surface area contributed by atoms with Gasteiger partial charge in [0.2, 0.25) is 6.79 Å². The molecule has 0 atom stereocenters. The first-order valence-electron chi connectivity index (χ1n) is 16.1. The number of benzene rings is 6. The first-order chi connectivity index (χ1) is 24.1. The van der Waals surface area contributed by atoms with Crippen molar-refractivity contribution in [2.75, 3.05) is 6.79 Å². The summed E-state index contributed by atoms with van der Waals surface area (Å²) in [6, 6.07) is 36.0. The molecule has 2 aromatic heterocycles. The van der Waals surface area contributed by atoms with Crippen molar-refractivity contribution in [2.45, 2.75) is 0 Å². The van der Waals surface area contributed by atoms with Gasteiger partial charge in [0, 0.05) is 56.5 Å². The van der Waals surface area contributed by atoms with Gasteiger partial charge in [0.1, 0.15) is 11.5 Å². The van der Waals surface area contributed by atoms with E-state index in [9.17, 15) is 9.59 Å². The van der Waals surface area contributed by atoms with Gasteiger partial charge in [0.25, 0.3) is 0 Å². The van der Waals surface area contributed by atoms with Crippen molar-refractivity contribution >= 4 is 67.1 Å². The Kier molecular flexibility index (Phi) is 6.73. The molecule has 8 aromatic rings. The fourth-order valence-electron chi connectivity index (χ4n) is 6.85. The fourth-order valence-corrected chi connectivity index (χ4v) is 6.85. The number of para-hydroxylation sites is 2. The average molecular weight is 637 g/mol. The number of carbonyl (C=O) groups excluding carboxylic acids is 2. The van der Waals surface area contributed by atoms with E-state index in [1.807, 2.05) is 97.1 Å². The quantitative estimate of drug-likeness (QED) is 0.141. The monoisotopic (exact) mass is 636 g/mol. The zero-order chi connectivity index (χ0) is 32.9. The summed E-state index contributed by atoms with van der Waals surface area (Å²) in [5.74, 6) is 1.37. The standard InChI is InChI=1S/C43H28N2O4/c46-38(34-23-44-36-7-3-1-5-32(34)36)17-11-26-9-15-30-28(21-26)13-19-40-42(30)43-31-16-10-27(22-29(31)14-20-41(43)49-25-48-40)12-18-39(47)35-24-45-37-8-4-2-6-33(35)37/h1-24,44-45H,25H2/b17-11+,18-12+. The first kappa shape index (κ1) is 28.6. The summed E-state index contributed by atoms with van der Waals surface area (Å²) in [6.07, 6.45) is 10.5. The van der Waals surface area contributed by atoms with Gasteiger partial charge in [-0.1, -0.05) is 84.9 Å². The van der Waals surface area contributed by atoms with Crippen LogP contribution in [-0.4, -0.2) is 28.3 Å². The van der Waals surface area contributed by atoms with E-state index in [2.05, 4.69) is 34.2 Å². The van der Waals surface area contributed by atoms with Crippen molar-refractivity contribution in [3.8, 4) is 22.6 Å². The number of fused-ring (bicyclic) bond motifs is 9. The van der Waals surface area contributed by atoms with Crippen molar-refractivity contribution in [1.82, 2.24) is 9.97 Å². The molecule has 0 spiro atoms. The van der Waals surface area contributed by atoms with Crippen LogP contribution < -0.4 is 9.47 Å². The molecule has 0 aliphatic carbocycles. The molecule has 49 heavy (non-hydrogen) atoms. The lowest BCUT2D eigenvalue weighted by Gasteiger charge is -2.14. The van der Waals surface area contributed by atoms with Crippen LogP contribution in [0, 0.1) is 0 Å². The Bertz CT molecular complexity index is 2510. The number of ether oxygens (including phenoxy) is 2. The number of allylic oxidation sites excluding steroid dienone is 2. The topological polar surface area (TPSA) is 84.2 Å². The Morgan fingerprint density at radius 2 is 1.00 bits per heavy atom. The molecule has 0 amide bonds. The third kappa shape index (κ3) is 4.98. The van der Waals surface area contributed by atoms with Crippen LogP contribution in [0.4, 0.5) is 0 Å². The van der Waals surface area contributed by atoms with Gasteiger partial charge in [0.15, 0.2) is 11.6 Å². The molecule has 0 radical (unpaired) electrons. The molecule has 2 N–H and O–H groups in total. The van der Waals surface area contributed by atoms with E-state index in [1.165, 1.54) is 0 Å². The zero-order valence-corrected chi connectivity index (χ0v) is 26.2. The highest BCUT2D eigenvalue weighted by Crippen LogP contribution is 2.47. The van der Waals surface area contributed by atoms with Crippen molar-refractivity contribution < 1.29 is 19.1 Å². The smallest absolute Gasteiger partial charge is 0.230 e. The molecule has 1 aliphatic rings. The van der Waals surface area contributed by atoms with Gasteiger partial charge in [0.05, 0.1) is 0 Å². The summed E-state index contributed by atoms with van der Waals surface area (Å²) < 4.78 is 12.2. The van der Waals surface area contributed by atoms with Crippen LogP contribution in [0.3, 0.4) is 0 Å². The minimum absolute atomic E-state index is 0.0537. The molecular weight excluding hydrogens is 608 g/mol. The molecule has 1 aliphatic heterocycles. The lowest BCUT2D eigenvalue weighted by Crippen LogP contribution is -2.03. The maximum Gasteiger partial charge on any atom is 0.230 e. The molecule has 0 unspecified atom stereocenters. The molecule has 6 heteroatoms. The molecule has 6 aromatic carbocycles. The lowest BCUT2D eigenvalue weighted by atomic mass is 9.91. The zero-order valence-electron chi connectivity index (χ0n) is 26.2. The van der Waals surface area contributed by atoms with Gasteiger partial charge in [-0.2, -0.15) is 0 Å². The van der Waals surface area contributed by atoms with Gasteiger partial charge in [-0.05, 0) is 81.2 Å². The molecule has 0 fully saturated rings. The average Bonchev–Trinajstić information content (AvgIpc) is 3.72. The fraction of sp³-hybridized carbons (Fsp3) is 0.0233. The Hall–Kier alpha value is -6.66. The van der Waals surface area contributed by atoms with E-state index in [0.717, 1.165) is 77.1 Å². The minimum Gasteiger partial charge on any atom is -0.457 e. The maximum absolute atomic E-state index is 13.1. The summed E-state index contributed by atoms with van der Waals surface area (Å²) in [6.45, 7) is 0.102. The lowest BCUT2D eigenvalue weighted by molar-refractivity contribution is 0.104. The van der Waals surface area contributed by atoms with Crippen LogP contribution >= 0.6 is 0 Å². The number of nitrogens with one attached hydrogen (secondary N) is 2. The molecule has 234 valence electrons. The second-order valence-corrected chi connectivity index (χ2v) is 12.1. The third-order valence-corrected chi connectivity index (χ3v) is 9.25. The Balaban J connectivity index is 1.06. The summed E-state index contributed by atoms with van der Waals surface area (Å²) in [5.41, 5.74) is 6.93. The summed E-state index contributed by atoms with van der Waals surface area (Å²) in [5, 5.41) is 5.89. The molecule has 6 nitrogen and oxygen atoms in total. The van der Waals surface area contributed by atoms with Crippen LogP contribution in [-0.2, 0) is 0 Å². The number of ketones is 2. The predicted molar refractivity (Wildman–Crippen MR) is 196 cm³/mol. The van der Waals surface area contributed by atoms with E-state index in [4.69, 9.17) is 9.47 Å². The highest BCUT2D eigenvalue weighted by atomic mass is 16.7. The number of aromatic nitrogens is 2. The number of H-pyrrole nitrogens is 2. The van der Waals surface area contributed by atoms with E-state index < -0.39 is 0 Å².